The van der Waals surface area contributed by atoms with Crippen molar-refractivity contribution in [2.75, 3.05) is 31.2 Å². The number of benzene rings is 1. The Balaban J connectivity index is 1.51. The minimum Gasteiger partial charge on any atom is -0.356 e. The van der Waals surface area contributed by atoms with Crippen molar-refractivity contribution in [3.63, 3.8) is 0 Å². The van der Waals surface area contributed by atoms with Crippen LogP contribution >= 0.6 is 15.9 Å². The number of nitrogens with zero attached hydrogens (tertiary/aromatic N) is 4. The zero-order chi connectivity index (χ0) is 19.7. The molecule has 5 rings (SSSR count). The summed E-state index contributed by atoms with van der Waals surface area (Å²) in [6.07, 6.45) is 5.28. The molecule has 7 heteroatoms. The standard InChI is InChI=1S/C22H21BrN4O2/c23-18-12-17(14-24-15-18)19-13-20(26-21(25-19)16-4-2-1-3-5-16)27-8-6-22(7-9-27)28-10-11-29-22/h1-5,12-15H,6-11H2. The van der Waals surface area contributed by atoms with E-state index in [0.29, 0.717) is 19.0 Å². The van der Waals surface area contributed by atoms with Crippen molar-refractivity contribution < 1.29 is 9.47 Å². The first kappa shape index (κ1) is 18.7. The second-order valence-corrected chi connectivity index (χ2v) is 8.20. The van der Waals surface area contributed by atoms with E-state index in [9.17, 15) is 0 Å². The highest BCUT2D eigenvalue weighted by atomic mass is 79.9. The normalized spacial score (nSPS) is 18.3. The van der Waals surface area contributed by atoms with Crippen molar-refractivity contribution in [3.8, 4) is 22.6 Å². The van der Waals surface area contributed by atoms with E-state index in [-0.39, 0.29) is 0 Å². The fourth-order valence-corrected chi connectivity index (χ4v) is 4.24. The van der Waals surface area contributed by atoms with Crippen molar-refractivity contribution in [3.05, 3.63) is 59.3 Å². The maximum atomic E-state index is 5.87. The molecule has 3 aromatic rings. The third-order valence-corrected chi connectivity index (χ3v) is 5.84. The van der Waals surface area contributed by atoms with E-state index in [0.717, 1.165) is 53.0 Å². The zero-order valence-electron chi connectivity index (χ0n) is 15.9. The van der Waals surface area contributed by atoms with E-state index in [1.807, 2.05) is 48.7 Å². The summed E-state index contributed by atoms with van der Waals surface area (Å²) < 4.78 is 12.7. The summed E-state index contributed by atoms with van der Waals surface area (Å²) >= 11 is 3.51. The number of piperidine rings is 1. The predicted octanol–water partition coefficient (Wildman–Crippen LogP) is 4.31. The van der Waals surface area contributed by atoms with E-state index >= 15 is 0 Å². The molecule has 0 atom stereocenters. The van der Waals surface area contributed by atoms with Crippen LogP contribution < -0.4 is 4.90 Å². The highest BCUT2D eigenvalue weighted by Gasteiger charge is 2.40. The van der Waals surface area contributed by atoms with Gasteiger partial charge in [0.15, 0.2) is 11.6 Å². The lowest BCUT2D eigenvalue weighted by molar-refractivity contribution is -0.169. The molecular formula is C22H21BrN4O2. The van der Waals surface area contributed by atoms with Gasteiger partial charge in [0.1, 0.15) is 5.82 Å². The van der Waals surface area contributed by atoms with Crippen LogP contribution in [0.5, 0.6) is 0 Å². The van der Waals surface area contributed by atoms with Crippen LogP contribution in [0.4, 0.5) is 5.82 Å². The summed E-state index contributed by atoms with van der Waals surface area (Å²) in [7, 11) is 0. The zero-order valence-corrected chi connectivity index (χ0v) is 17.5. The van der Waals surface area contributed by atoms with Crippen molar-refractivity contribution in [1.82, 2.24) is 15.0 Å². The third kappa shape index (κ3) is 3.90. The first-order valence-electron chi connectivity index (χ1n) is 9.79. The maximum Gasteiger partial charge on any atom is 0.171 e. The Labute approximate surface area is 178 Å². The average molecular weight is 453 g/mol. The van der Waals surface area contributed by atoms with Gasteiger partial charge in [0.05, 0.1) is 18.9 Å². The molecule has 2 aromatic heterocycles. The quantitative estimate of drug-likeness (QED) is 0.589. The maximum absolute atomic E-state index is 5.87. The van der Waals surface area contributed by atoms with Crippen LogP contribution in [-0.4, -0.2) is 47.0 Å². The van der Waals surface area contributed by atoms with Gasteiger partial charge in [-0.1, -0.05) is 30.3 Å². The Bertz CT molecular complexity index is 999. The van der Waals surface area contributed by atoms with Gasteiger partial charge in [0.25, 0.3) is 0 Å². The third-order valence-electron chi connectivity index (χ3n) is 5.41. The van der Waals surface area contributed by atoms with Gasteiger partial charge in [0, 0.05) is 60.0 Å². The Morgan fingerprint density at radius 1 is 0.897 bits per heavy atom. The molecule has 6 nitrogen and oxygen atoms in total. The molecule has 2 aliphatic rings. The molecule has 0 bridgehead atoms. The number of anilines is 1. The number of ether oxygens (including phenoxy) is 2. The molecule has 0 unspecified atom stereocenters. The van der Waals surface area contributed by atoms with Crippen LogP contribution in [0.15, 0.2) is 59.3 Å². The molecule has 2 aliphatic heterocycles. The molecular weight excluding hydrogens is 432 g/mol. The summed E-state index contributed by atoms with van der Waals surface area (Å²) in [6, 6.07) is 14.2. The van der Waals surface area contributed by atoms with Crippen LogP contribution in [0.2, 0.25) is 0 Å². The summed E-state index contributed by atoms with van der Waals surface area (Å²) in [5, 5.41) is 0. The Morgan fingerprint density at radius 3 is 2.38 bits per heavy atom. The lowest BCUT2D eigenvalue weighted by atomic mass is 10.0. The molecule has 148 valence electrons. The highest BCUT2D eigenvalue weighted by molar-refractivity contribution is 9.10. The molecule has 4 heterocycles. The van der Waals surface area contributed by atoms with Crippen molar-refractivity contribution in [1.29, 1.82) is 0 Å². The largest absolute Gasteiger partial charge is 0.356 e. The van der Waals surface area contributed by atoms with Crippen LogP contribution in [0.3, 0.4) is 0 Å². The number of rotatable bonds is 3. The monoisotopic (exact) mass is 452 g/mol. The SMILES string of the molecule is Brc1cncc(-c2cc(N3CCC4(CC3)OCCO4)nc(-c3ccccc3)n2)c1. The van der Waals surface area contributed by atoms with E-state index in [1.165, 1.54) is 0 Å². The Kier molecular flexibility index (Phi) is 5.03. The first-order chi connectivity index (χ1) is 14.2. The van der Waals surface area contributed by atoms with Crippen LogP contribution in [0.25, 0.3) is 22.6 Å². The van der Waals surface area contributed by atoms with Gasteiger partial charge in [-0.25, -0.2) is 9.97 Å². The number of aromatic nitrogens is 3. The second-order valence-electron chi connectivity index (χ2n) is 7.29. The van der Waals surface area contributed by atoms with Crippen LogP contribution in [0.1, 0.15) is 12.8 Å². The molecule has 0 radical (unpaired) electrons. The molecule has 29 heavy (non-hydrogen) atoms. The summed E-state index contributed by atoms with van der Waals surface area (Å²) in [5.74, 6) is 1.23. The van der Waals surface area contributed by atoms with Crippen molar-refractivity contribution in [2.45, 2.75) is 18.6 Å². The molecule has 0 saturated carbocycles. The second kappa shape index (κ2) is 7.82. The summed E-state index contributed by atoms with van der Waals surface area (Å²) in [6.45, 7) is 3.04. The number of halogens is 1. The van der Waals surface area contributed by atoms with Gasteiger partial charge in [0.2, 0.25) is 0 Å². The van der Waals surface area contributed by atoms with Gasteiger partial charge in [-0.2, -0.15) is 0 Å². The van der Waals surface area contributed by atoms with Gasteiger partial charge in [-0.3, -0.25) is 4.98 Å². The predicted molar refractivity (Wildman–Crippen MR) is 114 cm³/mol. The van der Waals surface area contributed by atoms with E-state index in [2.05, 4.69) is 25.8 Å². The first-order valence-corrected chi connectivity index (χ1v) is 10.6. The Hall–Kier alpha value is -2.35. The fourth-order valence-electron chi connectivity index (χ4n) is 3.87. The number of hydrogen-bond acceptors (Lipinski definition) is 6. The van der Waals surface area contributed by atoms with Gasteiger partial charge in [-0.15, -0.1) is 0 Å². The summed E-state index contributed by atoms with van der Waals surface area (Å²) in [4.78, 5) is 16.3. The summed E-state index contributed by atoms with van der Waals surface area (Å²) in [5.41, 5.74) is 2.81. The van der Waals surface area contributed by atoms with E-state index in [4.69, 9.17) is 19.4 Å². The van der Waals surface area contributed by atoms with Crippen LogP contribution in [0, 0.1) is 0 Å². The topological polar surface area (TPSA) is 60.4 Å². The van der Waals surface area contributed by atoms with Crippen molar-refractivity contribution >= 4 is 21.7 Å². The minimum atomic E-state index is -0.400. The minimum absolute atomic E-state index is 0.400. The lowest BCUT2D eigenvalue weighted by Crippen LogP contribution is -2.45. The highest BCUT2D eigenvalue weighted by Crippen LogP contribution is 2.34. The molecule has 0 N–H and O–H groups in total. The van der Waals surface area contributed by atoms with Crippen LogP contribution in [-0.2, 0) is 9.47 Å². The Morgan fingerprint density at radius 2 is 1.66 bits per heavy atom. The molecule has 1 aromatic carbocycles. The van der Waals surface area contributed by atoms with Gasteiger partial charge in [-0.05, 0) is 22.0 Å². The fraction of sp³-hybridized carbons (Fsp3) is 0.318. The van der Waals surface area contributed by atoms with Gasteiger partial charge >= 0.3 is 0 Å². The van der Waals surface area contributed by atoms with E-state index < -0.39 is 5.79 Å². The molecule has 0 amide bonds. The molecule has 2 fully saturated rings. The molecule has 0 aliphatic carbocycles. The number of pyridine rings is 1. The molecule has 1 spiro atoms. The molecule has 2 saturated heterocycles. The lowest BCUT2D eigenvalue weighted by Gasteiger charge is -2.38. The van der Waals surface area contributed by atoms with Crippen molar-refractivity contribution in [2.24, 2.45) is 0 Å². The van der Waals surface area contributed by atoms with E-state index in [1.54, 1.807) is 6.20 Å². The van der Waals surface area contributed by atoms with Gasteiger partial charge < -0.3 is 14.4 Å². The average Bonchev–Trinajstić information content (AvgIpc) is 3.22. The smallest absolute Gasteiger partial charge is 0.171 e. The number of hydrogen-bond donors (Lipinski definition) is 0.